The van der Waals surface area contributed by atoms with Gasteiger partial charge >= 0.3 is 11.9 Å². The Morgan fingerprint density at radius 2 is 1.76 bits per heavy atom. The van der Waals surface area contributed by atoms with Gasteiger partial charge in [-0.2, -0.15) is 18.4 Å². The zero-order valence-corrected chi connectivity index (χ0v) is 20.8. The first kappa shape index (κ1) is 28.3. The molecule has 0 fully saturated rings. The van der Waals surface area contributed by atoms with Crippen LogP contribution in [0.3, 0.4) is 0 Å². The number of nitro benzene ring substituents is 1. The molecule has 0 aromatic heterocycles. The lowest BCUT2D eigenvalue weighted by atomic mass is 10.1. The molecule has 0 saturated heterocycles. The minimum Gasteiger partial charge on any atom is -0.494 e. The van der Waals surface area contributed by atoms with Crippen molar-refractivity contribution in [3.8, 4) is 23.3 Å². The van der Waals surface area contributed by atoms with Gasteiger partial charge in [-0.05, 0) is 67.1 Å². The van der Waals surface area contributed by atoms with Gasteiger partial charge in [-0.25, -0.2) is 0 Å². The molecule has 196 valence electrons. The number of ether oxygens (including phenoxy) is 2. The van der Waals surface area contributed by atoms with Crippen LogP contribution in [-0.4, -0.2) is 17.4 Å². The predicted octanol–water partition coefficient (Wildman–Crippen LogP) is 7.66. The Hall–Kier alpha value is -4.27. The van der Waals surface area contributed by atoms with Crippen molar-refractivity contribution < 1.29 is 32.4 Å². The molecule has 0 aliphatic rings. The number of benzene rings is 3. The van der Waals surface area contributed by atoms with Crippen molar-refractivity contribution >= 4 is 46.6 Å². The largest absolute Gasteiger partial charge is 0.494 e. The van der Waals surface area contributed by atoms with Crippen LogP contribution in [0, 0.1) is 21.4 Å². The lowest BCUT2D eigenvalue weighted by molar-refractivity contribution is -0.385. The number of nitrogens with one attached hydrogen (secondary N) is 1. The van der Waals surface area contributed by atoms with E-state index >= 15 is 0 Å². The van der Waals surface area contributed by atoms with Gasteiger partial charge in [0.15, 0.2) is 5.75 Å². The summed E-state index contributed by atoms with van der Waals surface area (Å²) in [6.07, 6.45) is -3.60. The number of nitro groups is 1. The summed E-state index contributed by atoms with van der Waals surface area (Å²) in [5.41, 5.74) is -1.85. The number of nitrogens with zero attached hydrogens (tertiary/aromatic N) is 2. The van der Waals surface area contributed by atoms with Crippen molar-refractivity contribution in [2.45, 2.75) is 13.1 Å². The summed E-state index contributed by atoms with van der Waals surface area (Å²) >= 11 is 12.4. The van der Waals surface area contributed by atoms with Crippen molar-refractivity contribution in [2.24, 2.45) is 0 Å². The highest BCUT2D eigenvalue weighted by Gasteiger charge is 2.33. The molecule has 0 bridgehead atoms. The van der Waals surface area contributed by atoms with Crippen molar-refractivity contribution in [1.82, 2.24) is 0 Å². The highest BCUT2D eigenvalue weighted by Crippen LogP contribution is 2.42. The number of hydrogen-bond donors (Lipinski definition) is 1. The summed E-state index contributed by atoms with van der Waals surface area (Å²) in [7, 11) is 0. The normalized spacial score (nSPS) is 11.4. The van der Waals surface area contributed by atoms with E-state index in [1.54, 1.807) is 30.3 Å². The molecular formula is C25H16Cl2F3N3O5. The second-order valence-corrected chi connectivity index (χ2v) is 8.25. The zero-order valence-electron chi connectivity index (χ0n) is 19.3. The van der Waals surface area contributed by atoms with E-state index in [-0.39, 0.29) is 26.9 Å². The molecular weight excluding hydrogens is 550 g/mol. The topological polar surface area (TPSA) is 114 Å². The molecule has 8 nitrogen and oxygen atoms in total. The van der Waals surface area contributed by atoms with Crippen LogP contribution in [0.5, 0.6) is 17.2 Å². The number of alkyl halides is 3. The van der Waals surface area contributed by atoms with E-state index in [0.29, 0.717) is 30.2 Å². The zero-order chi connectivity index (χ0) is 28.0. The minimum atomic E-state index is -4.80. The molecule has 38 heavy (non-hydrogen) atoms. The molecule has 0 spiro atoms. The maximum absolute atomic E-state index is 13.0. The molecule has 0 radical (unpaired) electrons. The van der Waals surface area contributed by atoms with E-state index in [9.17, 15) is 33.3 Å². The lowest BCUT2D eigenvalue weighted by Gasteiger charge is -2.12. The second-order valence-electron chi connectivity index (χ2n) is 7.43. The van der Waals surface area contributed by atoms with Crippen LogP contribution < -0.4 is 14.8 Å². The molecule has 3 rings (SSSR count). The predicted molar refractivity (Wildman–Crippen MR) is 134 cm³/mol. The molecule has 3 aromatic carbocycles. The van der Waals surface area contributed by atoms with Crippen LogP contribution in [0.15, 0.2) is 60.2 Å². The van der Waals surface area contributed by atoms with Gasteiger partial charge in [-0.15, -0.1) is 0 Å². The standard InChI is InChI=1S/C25H16Cl2F3N3O5/c1-2-37-18-6-4-17(5-7-18)32-24(34)15(13-31)9-14-10-19(26)23(20(27)11-14)38-22-8-3-16(25(28,29)30)12-21(22)33(35)36/h3-12H,2H2,1H3,(H,32,34)/b15-9+. The third-order valence-electron chi connectivity index (χ3n) is 4.81. The third-order valence-corrected chi connectivity index (χ3v) is 5.38. The van der Waals surface area contributed by atoms with E-state index in [1.165, 1.54) is 18.2 Å². The monoisotopic (exact) mass is 565 g/mol. The average molecular weight is 566 g/mol. The van der Waals surface area contributed by atoms with Crippen LogP contribution in [-0.2, 0) is 11.0 Å². The summed E-state index contributed by atoms with van der Waals surface area (Å²) in [5.74, 6) is -0.910. The molecule has 0 heterocycles. The first-order valence-electron chi connectivity index (χ1n) is 10.6. The van der Waals surface area contributed by atoms with Crippen LogP contribution in [0.25, 0.3) is 6.08 Å². The number of carbonyl (C=O) groups excluding carboxylic acids is 1. The number of amides is 1. The van der Waals surface area contributed by atoms with E-state index in [1.807, 2.05) is 6.92 Å². The summed E-state index contributed by atoms with van der Waals surface area (Å²) in [6, 6.07) is 12.5. The van der Waals surface area contributed by atoms with Gasteiger partial charge in [-0.3, -0.25) is 14.9 Å². The highest BCUT2D eigenvalue weighted by molar-refractivity contribution is 6.37. The van der Waals surface area contributed by atoms with Gasteiger partial charge in [0.1, 0.15) is 17.4 Å². The van der Waals surface area contributed by atoms with Gasteiger partial charge in [0, 0.05) is 11.8 Å². The molecule has 0 aliphatic heterocycles. The Balaban J connectivity index is 1.86. The maximum atomic E-state index is 13.0. The van der Waals surface area contributed by atoms with Crippen LogP contribution in [0.1, 0.15) is 18.1 Å². The fourth-order valence-electron chi connectivity index (χ4n) is 3.11. The first-order chi connectivity index (χ1) is 17.9. The maximum Gasteiger partial charge on any atom is 0.416 e. The quantitative estimate of drug-likeness (QED) is 0.130. The van der Waals surface area contributed by atoms with Gasteiger partial charge in [0.25, 0.3) is 5.91 Å². The number of nitriles is 1. The van der Waals surface area contributed by atoms with Crippen LogP contribution >= 0.6 is 23.2 Å². The third kappa shape index (κ3) is 6.94. The molecule has 1 amide bonds. The van der Waals surface area contributed by atoms with E-state index in [0.717, 1.165) is 6.07 Å². The summed E-state index contributed by atoms with van der Waals surface area (Å²) in [5, 5.41) is 23.0. The van der Waals surface area contributed by atoms with Crippen molar-refractivity contribution in [2.75, 3.05) is 11.9 Å². The van der Waals surface area contributed by atoms with Gasteiger partial charge in [-0.1, -0.05) is 23.2 Å². The van der Waals surface area contributed by atoms with Gasteiger partial charge in [0.2, 0.25) is 5.75 Å². The van der Waals surface area contributed by atoms with Crippen LogP contribution in [0.4, 0.5) is 24.5 Å². The summed E-state index contributed by atoms with van der Waals surface area (Å²) < 4.78 is 49.6. The molecule has 1 N–H and O–H groups in total. The average Bonchev–Trinajstić information content (AvgIpc) is 2.85. The molecule has 13 heteroatoms. The summed E-state index contributed by atoms with van der Waals surface area (Å²) in [4.78, 5) is 22.9. The number of halogens is 5. The van der Waals surface area contributed by atoms with Crippen molar-refractivity contribution in [3.63, 3.8) is 0 Å². The fourth-order valence-corrected chi connectivity index (χ4v) is 3.69. The molecule has 0 unspecified atom stereocenters. The Bertz CT molecular complexity index is 1430. The molecule has 0 aliphatic carbocycles. The van der Waals surface area contributed by atoms with Gasteiger partial charge in [0.05, 0.1) is 27.1 Å². The Kier molecular flexibility index (Phi) is 8.83. The Morgan fingerprint density at radius 1 is 1.13 bits per heavy atom. The number of hydrogen-bond acceptors (Lipinski definition) is 6. The Morgan fingerprint density at radius 3 is 2.29 bits per heavy atom. The number of carbonyl (C=O) groups is 1. The number of rotatable bonds is 8. The number of anilines is 1. The van der Waals surface area contributed by atoms with E-state index in [2.05, 4.69) is 5.32 Å². The lowest BCUT2D eigenvalue weighted by Crippen LogP contribution is -2.13. The summed E-state index contributed by atoms with van der Waals surface area (Å²) in [6.45, 7) is 2.30. The van der Waals surface area contributed by atoms with Crippen molar-refractivity contribution in [1.29, 1.82) is 5.26 Å². The molecule has 3 aromatic rings. The smallest absolute Gasteiger partial charge is 0.416 e. The van der Waals surface area contributed by atoms with Crippen molar-refractivity contribution in [3.05, 3.63) is 91.5 Å². The van der Waals surface area contributed by atoms with Crippen LogP contribution in [0.2, 0.25) is 10.0 Å². The minimum absolute atomic E-state index is 0.179. The van der Waals surface area contributed by atoms with Gasteiger partial charge < -0.3 is 14.8 Å². The molecule has 0 saturated carbocycles. The first-order valence-corrected chi connectivity index (χ1v) is 11.4. The highest BCUT2D eigenvalue weighted by atomic mass is 35.5. The molecule has 0 atom stereocenters. The second kappa shape index (κ2) is 11.9. The SMILES string of the molecule is CCOc1ccc(NC(=O)/C(C#N)=C/c2cc(Cl)c(Oc3ccc(C(F)(F)F)cc3[N+](=O)[O-])c(Cl)c2)cc1. The van der Waals surface area contributed by atoms with E-state index < -0.39 is 34.0 Å². The fraction of sp³-hybridized carbons (Fsp3) is 0.120. The van der Waals surface area contributed by atoms with E-state index in [4.69, 9.17) is 32.7 Å². The Labute approximate surface area is 223 Å².